The number of fused-ring (bicyclic) bond motifs is 2. The smallest absolute Gasteiger partial charge is 0.137 e. The molecule has 1 aromatic rings. The predicted molar refractivity (Wildman–Crippen MR) is 67.2 cm³/mol. The molecular weight excluding hydrogens is 212 g/mol. The van der Waals surface area contributed by atoms with Crippen LogP contribution in [0.3, 0.4) is 0 Å². The molecule has 0 radical (unpaired) electrons. The molecule has 3 nitrogen and oxygen atoms in total. The molecule has 1 aromatic heterocycles. The molecule has 3 atom stereocenters. The van der Waals surface area contributed by atoms with Crippen LogP contribution in [0.5, 0.6) is 5.75 Å². The van der Waals surface area contributed by atoms with Crippen LogP contribution < -0.4 is 10.1 Å². The standard InChI is InChI=1S/C14H20N2O/c1-17-13-5-12(8-16-9-13)14-3-2-10-4-11(14)7-15-6-10/h5,8-11,14-15H,2-4,6-7H2,1H3. The molecule has 0 aromatic carbocycles. The Kier molecular flexibility index (Phi) is 3.02. The van der Waals surface area contributed by atoms with Crippen molar-refractivity contribution in [3.8, 4) is 5.75 Å². The molecule has 0 amide bonds. The third-order valence-electron chi connectivity index (χ3n) is 4.33. The van der Waals surface area contributed by atoms with E-state index in [1.165, 1.54) is 37.9 Å². The third kappa shape index (κ3) is 2.16. The van der Waals surface area contributed by atoms with Crippen molar-refractivity contribution in [2.45, 2.75) is 25.2 Å². The largest absolute Gasteiger partial charge is 0.495 e. The minimum Gasteiger partial charge on any atom is -0.495 e. The molecule has 1 saturated heterocycles. The van der Waals surface area contributed by atoms with Gasteiger partial charge in [0.1, 0.15) is 5.75 Å². The Labute approximate surface area is 103 Å². The number of nitrogens with zero attached hydrogens (tertiary/aromatic N) is 1. The topological polar surface area (TPSA) is 34.1 Å². The molecule has 3 heteroatoms. The van der Waals surface area contributed by atoms with Crippen molar-refractivity contribution in [1.82, 2.24) is 10.3 Å². The highest BCUT2D eigenvalue weighted by Crippen LogP contribution is 2.42. The average Bonchev–Trinajstić information content (AvgIpc) is 2.39. The summed E-state index contributed by atoms with van der Waals surface area (Å²) in [5, 5.41) is 3.56. The summed E-state index contributed by atoms with van der Waals surface area (Å²) in [6.07, 6.45) is 7.85. The highest BCUT2D eigenvalue weighted by molar-refractivity contribution is 5.27. The molecule has 17 heavy (non-hydrogen) atoms. The van der Waals surface area contributed by atoms with Gasteiger partial charge in [0.05, 0.1) is 13.3 Å². The second-order valence-corrected chi connectivity index (χ2v) is 5.36. The van der Waals surface area contributed by atoms with Crippen LogP contribution >= 0.6 is 0 Å². The maximum absolute atomic E-state index is 5.27. The molecule has 1 saturated carbocycles. The van der Waals surface area contributed by atoms with Crippen molar-refractivity contribution in [1.29, 1.82) is 0 Å². The fourth-order valence-corrected chi connectivity index (χ4v) is 3.43. The van der Waals surface area contributed by atoms with Crippen LogP contribution in [0, 0.1) is 11.8 Å². The SMILES string of the molecule is COc1cncc(C2CCC3CNCC2C3)c1. The second kappa shape index (κ2) is 4.65. The summed E-state index contributed by atoms with van der Waals surface area (Å²) in [6, 6.07) is 2.16. The van der Waals surface area contributed by atoms with Crippen LogP contribution in [0.15, 0.2) is 18.5 Å². The maximum Gasteiger partial charge on any atom is 0.137 e. The Hall–Kier alpha value is -1.09. The molecule has 1 aliphatic carbocycles. The van der Waals surface area contributed by atoms with E-state index >= 15 is 0 Å². The van der Waals surface area contributed by atoms with Crippen LogP contribution in [0.1, 0.15) is 30.7 Å². The summed E-state index contributed by atoms with van der Waals surface area (Å²) in [7, 11) is 1.71. The average molecular weight is 232 g/mol. The highest BCUT2D eigenvalue weighted by atomic mass is 16.5. The Morgan fingerprint density at radius 2 is 2.24 bits per heavy atom. The quantitative estimate of drug-likeness (QED) is 0.848. The fourth-order valence-electron chi connectivity index (χ4n) is 3.43. The zero-order valence-corrected chi connectivity index (χ0v) is 10.4. The lowest BCUT2D eigenvalue weighted by atomic mass is 9.69. The molecule has 2 fully saturated rings. The molecule has 3 rings (SSSR count). The van der Waals surface area contributed by atoms with Gasteiger partial charge in [-0.3, -0.25) is 4.98 Å². The second-order valence-electron chi connectivity index (χ2n) is 5.36. The number of pyridine rings is 1. The molecule has 2 bridgehead atoms. The van der Waals surface area contributed by atoms with Gasteiger partial charge in [0.25, 0.3) is 0 Å². The van der Waals surface area contributed by atoms with Crippen molar-refractivity contribution in [3.63, 3.8) is 0 Å². The Balaban J connectivity index is 1.82. The predicted octanol–water partition coefficient (Wildman–Crippen LogP) is 2.19. The van der Waals surface area contributed by atoms with E-state index in [0.29, 0.717) is 5.92 Å². The first-order valence-corrected chi connectivity index (χ1v) is 6.56. The molecule has 0 spiro atoms. The van der Waals surface area contributed by atoms with Crippen molar-refractivity contribution in [2.75, 3.05) is 20.2 Å². The molecule has 2 aliphatic rings. The van der Waals surface area contributed by atoms with Crippen LogP contribution in [0.2, 0.25) is 0 Å². The number of aromatic nitrogens is 1. The summed E-state index contributed by atoms with van der Waals surface area (Å²) < 4.78 is 5.27. The number of piperidine rings is 1. The number of hydrogen-bond donors (Lipinski definition) is 1. The Morgan fingerprint density at radius 3 is 3.12 bits per heavy atom. The first kappa shape index (κ1) is 11.0. The van der Waals surface area contributed by atoms with E-state index in [1.807, 2.05) is 6.20 Å². The van der Waals surface area contributed by atoms with Crippen molar-refractivity contribution >= 4 is 0 Å². The summed E-state index contributed by atoms with van der Waals surface area (Å²) in [5.41, 5.74) is 1.36. The summed E-state index contributed by atoms with van der Waals surface area (Å²) in [4.78, 5) is 4.29. The van der Waals surface area contributed by atoms with Gasteiger partial charge < -0.3 is 10.1 Å². The maximum atomic E-state index is 5.27. The Bertz CT molecular complexity index is 394. The van der Waals surface area contributed by atoms with Gasteiger partial charge in [0, 0.05) is 6.20 Å². The molecule has 1 aliphatic heterocycles. The molecule has 92 valence electrons. The fraction of sp³-hybridized carbons (Fsp3) is 0.643. The van der Waals surface area contributed by atoms with Crippen LogP contribution in [0.25, 0.3) is 0 Å². The number of ether oxygens (including phenoxy) is 1. The van der Waals surface area contributed by atoms with Gasteiger partial charge in [-0.25, -0.2) is 0 Å². The molecular formula is C14H20N2O. The monoisotopic (exact) mass is 232 g/mol. The van der Waals surface area contributed by atoms with E-state index in [-0.39, 0.29) is 0 Å². The summed E-state index contributed by atoms with van der Waals surface area (Å²) in [5.74, 6) is 3.25. The number of rotatable bonds is 2. The minimum absolute atomic E-state index is 0.668. The van der Waals surface area contributed by atoms with Crippen molar-refractivity contribution < 1.29 is 4.74 Å². The number of methoxy groups -OCH3 is 1. The lowest BCUT2D eigenvalue weighted by Gasteiger charge is -2.40. The van der Waals surface area contributed by atoms with Gasteiger partial charge in [0.2, 0.25) is 0 Å². The first-order chi connectivity index (χ1) is 8.36. The van der Waals surface area contributed by atoms with Gasteiger partial charge >= 0.3 is 0 Å². The minimum atomic E-state index is 0.668. The van der Waals surface area contributed by atoms with Crippen molar-refractivity contribution in [2.24, 2.45) is 11.8 Å². The van der Waals surface area contributed by atoms with E-state index in [0.717, 1.165) is 17.6 Å². The Morgan fingerprint density at radius 1 is 1.29 bits per heavy atom. The summed E-state index contributed by atoms with van der Waals surface area (Å²) >= 11 is 0. The first-order valence-electron chi connectivity index (χ1n) is 6.56. The van der Waals surface area contributed by atoms with E-state index in [2.05, 4.69) is 16.4 Å². The van der Waals surface area contributed by atoms with E-state index in [4.69, 9.17) is 4.74 Å². The lowest BCUT2D eigenvalue weighted by Crippen LogP contribution is -2.42. The summed E-state index contributed by atoms with van der Waals surface area (Å²) in [6.45, 7) is 2.39. The van der Waals surface area contributed by atoms with Gasteiger partial charge in [-0.1, -0.05) is 0 Å². The zero-order chi connectivity index (χ0) is 11.7. The van der Waals surface area contributed by atoms with Gasteiger partial charge in [-0.15, -0.1) is 0 Å². The van der Waals surface area contributed by atoms with E-state index in [1.54, 1.807) is 13.3 Å². The number of hydrogen-bond acceptors (Lipinski definition) is 3. The van der Waals surface area contributed by atoms with Crippen LogP contribution in [0.4, 0.5) is 0 Å². The van der Waals surface area contributed by atoms with Crippen molar-refractivity contribution in [3.05, 3.63) is 24.0 Å². The van der Waals surface area contributed by atoms with Gasteiger partial charge in [-0.2, -0.15) is 0 Å². The van der Waals surface area contributed by atoms with Gasteiger partial charge in [0.15, 0.2) is 0 Å². The molecule has 3 unspecified atom stereocenters. The van der Waals surface area contributed by atoms with Crippen LogP contribution in [-0.2, 0) is 0 Å². The van der Waals surface area contributed by atoms with Gasteiger partial charge in [-0.05, 0) is 61.7 Å². The van der Waals surface area contributed by atoms with E-state index < -0.39 is 0 Å². The number of nitrogens with one attached hydrogen (secondary N) is 1. The highest BCUT2D eigenvalue weighted by Gasteiger charge is 2.34. The van der Waals surface area contributed by atoms with E-state index in [9.17, 15) is 0 Å². The normalized spacial score (nSPS) is 32.2. The lowest BCUT2D eigenvalue weighted by molar-refractivity contribution is 0.179. The zero-order valence-electron chi connectivity index (χ0n) is 10.4. The molecule has 1 N–H and O–H groups in total. The molecule has 2 heterocycles. The van der Waals surface area contributed by atoms with Crippen LogP contribution in [-0.4, -0.2) is 25.2 Å². The third-order valence-corrected chi connectivity index (χ3v) is 4.33.